The molecule has 1 nitrogen and oxygen atoms in total. The van der Waals surface area contributed by atoms with Gasteiger partial charge in [0.15, 0.2) is 0 Å². The van der Waals surface area contributed by atoms with Gasteiger partial charge in [-0.15, -0.1) is 0 Å². The first-order valence-electron chi connectivity index (χ1n) is 3.72. The molecule has 1 aromatic carbocycles. The summed E-state index contributed by atoms with van der Waals surface area (Å²) in [5, 5.41) is 0.334. The summed E-state index contributed by atoms with van der Waals surface area (Å²) < 4.78 is 13.3. The van der Waals surface area contributed by atoms with Crippen LogP contribution in [0.2, 0.25) is 5.02 Å². The highest BCUT2D eigenvalue weighted by molar-refractivity contribution is 9.10. The van der Waals surface area contributed by atoms with Gasteiger partial charge in [-0.25, -0.2) is 4.39 Å². The van der Waals surface area contributed by atoms with E-state index in [4.69, 9.17) is 11.6 Å². The molecule has 0 aliphatic rings. The van der Waals surface area contributed by atoms with Crippen LogP contribution in [0.3, 0.4) is 0 Å². The van der Waals surface area contributed by atoms with Crippen LogP contribution >= 0.6 is 27.5 Å². The van der Waals surface area contributed by atoms with E-state index in [1.54, 1.807) is 6.07 Å². The Labute approximate surface area is 89.0 Å². The Kier molecular flexibility index (Phi) is 3.88. The zero-order chi connectivity index (χ0) is 9.84. The normalized spacial score (nSPS) is 10.1. The first-order chi connectivity index (χ1) is 6.15. The van der Waals surface area contributed by atoms with Gasteiger partial charge >= 0.3 is 0 Å². The highest BCUT2D eigenvalue weighted by atomic mass is 79.9. The third-order valence-electron chi connectivity index (χ3n) is 1.59. The zero-order valence-electron chi connectivity index (χ0n) is 6.69. The predicted molar refractivity (Wildman–Crippen MR) is 53.5 cm³/mol. The number of carbonyl (C=O) groups is 1. The molecule has 0 heterocycles. The number of aryl methyl sites for hydroxylation is 1. The molecule has 1 aromatic rings. The van der Waals surface area contributed by atoms with E-state index in [0.29, 0.717) is 17.9 Å². The molecule has 1 rings (SSSR count). The molecule has 0 saturated heterocycles. The van der Waals surface area contributed by atoms with Gasteiger partial charge in [0.25, 0.3) is 0 Å². The van der Waals surface area contributed by atoms with Crippen molar-refractivity contribution in [1.29, 1.82) is 0 Å². The van der Waals surface area contributed by atoms with Gasteiger partial charge in [-0.05, 0) is 40.0 Å². The Hall–Kier alpha value is -0.410. The Balaban J connectivity index is 2.92. The molecule has 13 heavy (non-hydrogen) atoms. The van der Waals surface area contributed by atoms with Crippen LogP contribution in [-0.2, 0) is 11.2 Å². The van der Waals surface area contributed by atoms with Gasteiger partial charge in [0.2, 0.25) is 0 Å². The van der Waals surface area contributed by atoms with Crippen molar-refractivity contribution in [2.45, 2.75) is 12.8 Å². The van der Waals surface area contributed by atoms with Crippen LogP contribution in [-0.4, -0.2) is 6.29 Å². The van der Waals surface area contributed by atoms with Crippen molar-refractivity contribution in [2.75, 3.05) is 0 Å². The molecule has 0 aliphatic heterocycles. The van der Waals surface area contributed by atoms with Crippen molar-refractivity contribution >= 4 is 33.8 Å². The Morgan fingerprint density at radius 2 is 2.23 bits per heavy atom. The lowest BCUT2D eigenvalue weighted by atomic mass is 10.1. The maximum Gasteiger partial charge on any atom is 0.139 e. The van der Waals surface area contributed by atoms with Gasteiger partial charge in [0, 0.05) is 6.42 Å². The van der Waals surface area contributed by atoms with Crippen LogP contribution in [0.25, 0.3) is 0 Å². The number of rotatable bonds is 3. The summed E-state index contributed by atoms with van der Waals surface area (Å²) in [5.41, 5.74) is 0.734. The molecule has 0 N–H and O–H groups in total. The summed E-state index contributed by atoms with van der Waals surface area (Å²) in [6, 6.07) is 3.03. The van der Waals surface area contributed by atoms with Gasteiger partial charge in [-0.1, -0.05) is 11.6 Å². The van der Waals surface area contributed by atoms with E-state index in [9.17, 15) is 9.18 Å². The minimum absolute atomic E-state index is 0.268. The highest BCUT2D eigenvalue weighted by Gasteiger charge is 2.06. The molecule has 0 bridgehead atoms. The summed E-state index contributed by atoms with van der Waals surface area (Å²) in [4.78, 5) is 10.1. The number of hydrogen-bond acceptors (Lipinski definition) is 1. The van der Waals surface area contributed by atoms with E-state index in [1.165, 1.54) is 6.07 Å². The zero-order valence-corrected chi connectivity index (χ0v) is 9.03. The Bertz CT molecular complexity index is 304. The van der Waals surface area contributed by atoms with E-state index in [-0.39, 0.29) is 4.47 Å². The van der Waals surface area contributed by atoms with Crippen molar-refractivity contribution in [3.63, 3.8) is 0 Å². The third-order valence-corrected chi connectivity index (χ3v) is 2.93. The molecule has 0 spiro atoms. The summed E-state index contributed by atoms with van der Waals surface area (Å²) in [6.07, 6.45) is 1.71. The van der Waals surface area contributed by atoms with E-state index in [2.05, 4.69) is 15.9 Å². The quantitative estimate of drug-likeness (QED) is 0.605. The Morgan fingerprint density at radius 1 is 1.54 bits per heavy atom. The monoisotopic (exact) mass is 264 g/mol. The first-order valence-corrected chi connectivity index (χ1v) is 4.89. The molecule has 70 valence electrons. The Morgan fingerprint density at radius 3 is 2.77 bits per heavy atom. The smallest absolute Gasteiger partial charge is 0.139 e. The van der Waals surface area contributed by atoms with Crippen molar-refractivity contribution in [3.8, 4) is 0 Å². The second-order valence-electron chi connectivity index (χ2n) is 2.58. The standard InChI is InChI=1S/C9H7BrClFO/c10-9-7(11)4-6(2-1-3-13)5-8(9)12/h3-5H,1-2H2. The second-order valence-corrected chi connectivity index (χ2v) is 3.78. The molecule has 0 atom stereocenters. The van der Waals surface area contributed by atoms with Gasteiger partial charge in [-0.3, -0.25) is 0 Å². The molecule has 0 saturated carbocycles. The number of carbonyl (C=O) groups excluding carboxylic acids is 1. The van der Waals surface area contributed by atoms with Gasteiger partial charge < -0.3 is 4.79 Å². The maximum atomic E-state index is 13.0. The lowest BCUT2D eigenvalue weighted by Gasteiger charge is -2.02. The van der Waals surface area contributed by atoms with Crippen molar-refractivity contribution < 1.29 is 9.18 Å². The molecule has 4 heteroatoms. The summed E-state index contributed by atoms with van der Waals surface area (Å²) in [5.74, 6) is -0.395. The van der Waals surface area contributed by atoms with E-state index in [0.717, 1.165) is 11.8 Å². The number of aldehydes is 1. The fourth-order valence-corrected chi connectivity index (χ4v) is 1.44. The van der Waals surface area contributed by atoms with Crippen molar-refractivity contribution in [3.05, 3.63) is 33.0 Å². The number of hydrogen-bond donors (Lipinski definition) is 0. The van der Waals surface area contributed by atoms with Crippen LogP contribution in [0, 0.1) is 5.82 Å². The van der Waals surface area contributed by atoms with Crippen LogP contribution in [0.15, 0.2) is 16.6 Å². The summed E-state index contributed by atoms with van der Waals surface area (Å²) in [6.45, 7) is 0. The topological polar surface area (TPSA) is 17.1 Å². The van der Waals surface area contributed by atoms with Crippen LogP contribution in [0.4, 0.5) is 4.39 Å². The van der Waals surface area contributed by atoms with Crippen LogP contribution in [0.5, 0.6) is 0 Å². The summed E-state index contributed by atoms with van der Waals surface area (Å²) >= 11 is 8.73. The van der Waals surface area contributed by atoms with Crippen molar-refractivity contribution in [2.24, 2.45) is 0 Å². The maximum absolute atomic E-state index is 13.0. The van der Waals surface area contributed by atoms with E-state index in [1.807, 2.05) is 0 Å². The average molecular weight is 266 g/mol. The summed E-state index contributed by atoms with van der Waals surface area (Å²) in [7, 11) is 0. The second kappa shape index (κ2) is 4.72. The predicted octanol–water partition coefficient (Wildman–Crippen LogP) is 3.37. The fourth-order valence-electron chi connectivity index (χ4n) is 0.978. The molecule has 0 radical (unpaired) electrons. The van der Waals surface area contributed by atoms with Gasteiger partial charge in [0.05, 0.1) is 9.50 Å². The van der Waals surface area contributed by atoms with Crippen LogP contribution < -0.4 is 0 Å². The molecule has 0 fully saturated rings. The number of benzene rings is 1. The molecular formula is C9H7BrClFO. The largest absolute Gasteiger partial charge is 0.303 e. The van der Waals surface area contributed by atoms with E-state index < -0.39 is 5.82 Å². The molecule has 0 amide bonds. The van der Waals surface area contributed by atoms with Crippen molar-refractivity contribution in [1.82, 2.24) is 0 Å². The third kappa shape index (κ3) is 2.78. The average Bonchev–Trinajstić information content (AvgIpc) is 2.10. The molecule has 0 aliphatic carbocycles. The highest BCUT2D eigenvalue weighted by Crippen LogP contribution is 2.27. The molecular weight excluding hydrogens is 258 g/mol. The number of halogens is 3. The molecule has 0 aromatic heterocycles. The fraction of sp³-hybridized carbons (Fsp3) is 0.222. The van der Waals surface area contributed by atoms with Crippen LogP contribution in [0.1, 0.15) is 12.0 Å². The minimum Gasteiger partial charge on any atom is -0.303 e. The SMILES string of the molecule is O=CCCc1cc(F)c(Br)c(Cl)c1. The van der Waals surface area contributed by atoms with Gasteiger partial charge in [0.1, 0.15) is 12.1 Å². The minimum atomic E-state index is -0.395. The van der Waals surface area contributed by atoms with Gasteiger partial charge in [-0.2, -0.15) is 0 Å². The lowest BCUT2D eigenvalue weighted by Crippen LogP contribution is -1.89. The lowest BCUT2D eigenvalue weighted by molar-refractivity contribution is -0.107. The molecule has 0 unspecified atom stereocenters. The first kappa shape index (κ1) is 10.7. The van der Waals surface area contributed by atoms with E-state index >= 15 is 0 Å².